The van der Waals surface area contributed by atoms with Crippen molar-refractivity contribution in [3.05, 3.63) is 24.3 Å². The molecule has 0 heterocycles. The molecule has 0 amide bonds. The molecule has 0 bridgehead atoms. The lowest BCUT2D eigenvalue weighted by molar-refractivity contribution is 0.327. The summed E-state index contributed by atoms with van der Waals surface area (Å²) < 4.78 is 10.8. The van der Waals surface area contributed by atoms with Gasteiger partial charge in [-0.2, -0.15) is 0 Å². The highest BCUT2D eigenvalue weighted by Crippen LogP contribution is 2.18. The third-order valence-corrected chi connectivity index (χ3v) is 3.73. The van der Waals surface area contributed by atoms with E-state index in [0.29, 0.717) is 19.2 Å². The Morgan fingerprint density at radius 1 is 1.17 bits per heavy atom. The average molecular weight is 433 g/mol. The fraction of sp³-hybridized carbons (Fsp3) is 0.588. The first-order chi connectivity index (χ1) is 10.8. The molecule has 0 aromatic heterocycles. The Morgan fingerprint density at radius 2 is 1.83 bits per heavy atom. The van der Waals surface area contributed by atoms with Crippen LogP contribution in [0.2, 0.25) is 0 Å². The number of rotatable bonds is 7. The molecule has 1 saturated carbocycles. The lowest BCUT2D eigenvalue weighted by Crippen LogP contribution is -2.42. The first-order valence-corrected chi connectivity index (χ1v) is 8.13. The fourth-order valence-electron chi connectivity index (χ4n) is 2.58. The highest BCUT2D eigenvalue weighted by molar-refractivity contribution is 14.0. The summed E-state index contributed by atoms with van der Waals surface area (Å²) in [6.45, 7) is 4.15. The van der Waals surface area contributed by atoms with E-state index < -0.39 is 0 Å². The van der Waals surface area contributed by atoms with Gasteiger partial charge in [0, 0.05) is 12.6 Å². The molecule has 1 aliphatic carbocycles. The standard InChI is InChI=1S/C17H27N3O2.HI/c1-3-18-17(20-14-6-4-5-7-14)19-12-13-22-16-10-8-15(21-2)9-11-16;/h8-11,14H,3-7,12-13H2,1-2H3,(H2,18,19,20);1H. The molecule has 0 radical (unpaired) electrons. The molecule has 0 spiro atoms. The highest BCUT2D eigenvalue weighted by atomic mass is 127. The predicted molar refractivity (Wildman–Crippen MR) is 105 cm³/mol. The summed E-state index contributed by atoms with van der Waals surface area (Å²) in [7, 11) is 1.66. The van der Waals surface area contributed by atoms with E-state index in [0.717, 1.165) is 24.0 Å². The van der Waals surface area contributed by atoms with Crippen molar-refractivity contribution in [1.29, 1.82) is 0 Å². The third-order valence-electron chi connectivity index (χ3n) is 3.73. The summed E-state index contributed by atoms with van der Waals surface area (Å²) in [6.07, 6.45) is 5.12. The Balaban J connectivity index is 0.00000264. The molecule has 5 nitrogen and oxygen atoms in total. The molecule has 0 aliphatic heterocycles. The van der Waals surface area contributed by atoms with Gasteiger partial charge >= 0.3 is 0 Å². The lowest BCUT2D eigenvalue weighted by atomic mass is 10.2. The second-order valence-corrected chi connectivity index (χ2v) is 5.41. The Morgan fingerprint density at radius 3 is 2.43 bits per heavy atom. The summed E-state index contributed by atoms with van der Waals surface area (Å²) in [4.78, 5) is 4.57. The summed E-state index contributed by atoms with van der Waals surface area (Å²) in [5.74, 6) is 2.57. The molecule has 130 valence electrons. The van der Waals surface area contributed by atoms with Gasteiger partial charge in [-0.1, -0.05) is 12.8 Å². The van der Waals surface area contributed by atoms with Crippen LogP contribution in [0, 0.1) is 0 Å². The molecule has 6 heteroatoms. The first kappa shape index (κ1) is 19.9. The highest BCUT2D eigenvalue weighted by Gasteiger charge is 2.15. The van der Waals surface area contributed by atoms with E-state index in [1.54, 1.807) is 7.11 Å². The van der Waals surface area contributed by atoms with Crippen LogP contribution in [0.15, 0.2) is 29.3 Å². The van der Waals surface area contributed by atoms with Crippen LogP contribution in [-0.4, -0.2) is 38.8 Å². The molecule has 23 heavy (non-hydrogen) atoms. The lowest BCUT2D eigenvalue weighted by Gasteiger charge is -2.16. The van der Waals surface area contributed by atoms with Gasteiger partial charge in [0.05, 0.1) is 13.7 Å². The number of aliphatic imine (C=N–C) groups is 1. The summed E-state index contributed by atoms with van der Waals surface area (Å²) >= 11 is 0. The third kappa shape index (κ3) is 7.28. The molecular weight excluding hydrogens is 405 g/mol. The quantitative estimate of drug-likeness (QED) is 0.300. The monoisotopic (exact) mass is 433 g/mol. The van der Waals surface area contributed by atoms with Crippen molar-refractivity contribution in [3.8, 4) is 11.5 Å². The van der Waals surface area contributed by atoms with Crippen LogP contribution in [0.5, 0.6) is 11.5 Å². The van der Waals surface area contributed by atoms with E-state index in [1.807, 2.05) is 24.3 Å². The zero-order valence-electron chi connectivity index (χ0n) is 14.0. The van der Waals surface area contributed by atoms with E-state index in [4.69, 9.17) is 9.47 Å². The number of guanidine groups is 1. The number of hydrogen-bond acceptors (Lipinski definition) is 3. The average Bonchev–Trinajstić information content (AvgIpc) is 3.05. The van der Waals surface area contributed by atoms with Gasteiger partial charge in [0.1, 0.15) is 18.1 Å². The smallest absolute Gasteiger partial charge is 0.191 e. The predicted octanol–water partition coefficient (Wildman–Crippen LogP) is 3.19. The number of hydrogen-bond donors (Lipinski definition) is 2. The minimum absolute atomic E-state index is 0. The number of halogens is 1. The maximum absolute atomic E-state index is 5.69. The van der Waals surface area contributed by atoms with Gasteiger partial charge in [0.2, 0.25) is 0 Å². The van der Waals surface area contributed by atoms with Crippen molar-refractivity contribution < 1.29 is 9.47 Å². The van der Waals surface area contributed by atoms with Gasteiger partial charge in [-0.15, -0.1) is 24.0 Å². The SMILES string of the molecule is CCNC(=NCCOc1ccc(OC)cc1)NC1CCCC1.I. The maximum atomic E-state index is 5.69. The number of nitrogens with zero attached hydrogens (tertiary/aromatic N) is 1. The second kappa shape index (κ2) is 11.4. The van der Waals surface area contributed by atoms with Crippen LogP contribution in [0.1, 0.15) is 32.6 Å². The van der Waals surface area contributed by atoms with Crippen molar-refractivity contribution in [1.82, 2.24) is 10.6 Å². The van der Waals surface area contributed by atoms with E-state index in [-0.39, 0.29) is 24.0 Å². The molecule has 2 N–H and O–H groups in total. The molecule has 0 atom stereocenters. The largest absolute Gasteiger partial charge is 0.497 e. The van der Waals surface area contributed by atoms with Crippen LogP contribution in [0.3, 0.4) is 0 Å². The van der Waals surface area contributed by atoms with Gasteiger partial charge in [0.25, 0.3) is 0 Å². The van der Waals surface area contributed by atoms with Crippen LogP contribution < -0.4 is 20.1 Å². The number of methoxy groups -OCH3 is 1. The topological polar surface area (TPSA) is 54.9 Å². The minimum atomic E-state index is 0. The van der Waals surface area contributed by atoms with Crippen molar-refractivity contribution in [2.75, 3.05) is 26.8 Å². The Labute approximate surface area is 156 Å². The molecular formula is C17H28IN3O2. The molecule has 1 fully saturated rings. The van der Waals surface area contributed by atoms with Crippen molar-refractivity contribution >= 4 is 29.9 Å². The summed E-state index contributed by atoms with van der Waals surface area (Å²) in [6, 6.07) is 8.17. The van der Waals surface area contributed by atoms with Crippen molar-refractivity contribution in [2.24, 2.45) is 4.99 Å². The Hall–Kier alpha value is -1.18. The number of benzene rings is 1. The molecule has 1 aliphatic rings. The zero-order valence-corrected chi connectivity index (χ0v) is 16.3. The van der Waals surface area contributed by atoms with Gasteiger partial charge in [-0.25, -0.2) is 4.99 Å². The first-order valence-electron chi connectivity index (χ1n) is 8.13. The number of nitrogens with one attached hydrogen (secondary N) is 2. The zero-order chi connectivity index (χ0) is 15.6. The second-order valence-electron chi connectivity index (χ2n) is 5.41. The Bertz CT molecular complexity index is 459. The van der Waals surface area contributed by atoms with E-state index in [1.165, 1.54) is 25.7 Å². The van der Waals surface area contributed by atoms with Crippen molar-refractivity contribution in [2.45, 2.75) is 38.6 Å². The number of ether oxygens (including phenoxy) is 2. The molecule has 1 aromatic carbocycles. The Kier molecular flexibility index (Phi) is 9.82. The van der Waals surface area contributed by atoms with E-state index >= 15 is 0 Å². The van der Waals surface area contributed by atoms with Gasteiger partial charge < -0.3 is 20.1 Å². The van der Waals surface area contributed by atoms with Crippen LogP contribution in [0.4, 0.5) is 0 Å². The van der Waals surface area contributed by atoms with Crippen LogP contribution >= 0.6 is 24.0 Å². The van der Waals surface area contributed by atoms with Crippen LogP contribution in [0.25, 0.3) is 0 Å². The minimum Gasteiger partial charge on any atom is -0.497 e. The van der Waals surface area contributed by atoms with Gasteiger partial charge in [-0.05, 0) is 44.0 Å². The summed E-state index contributed by atoms with van der Waals surface area (Å²) in [5.41, 5.74) is 0. The maximum Gasteiger partial charge on any atom is 0.191 e. The normalized spacial score (nSPS) is 15.0. The molecule has 1 aromatic rings. The molecule has 0 saturated heterocycles. The van der Waals surface area contributed by atoms with E-state index in [9.17, 15) is 0 Å². The molecule has 0 unspecified atom stereocenters. The van der Waals surface area contributed by atoms with Gasteiger partial charge in [0.15, 0.2) is 5.96 Å². The fourth-order valence-corrected chi connectivity index (χ4v) is 2.58. The summed E-state index contributed by atoms with van der Waals surface area (Å²) in [5, 5.41) is 6.79. The van der Waals surface area contributed by atoms with Crippen molar-refractivity contribution in [3.63, 3.8) is 0 Å². The van der Waals surface area contributed by atoms with Crippen LogP contribution in [-0.2, 0) is 0 Å². The molecule has 2 rings (SSSR count). The van der Waals surface area contributed by atoms with Gasteiger partial charge in [-0.3, -0.25) is 0 Å². The van der Waals surface area contributed by atoms with E-state index in [2.05, 4.69) is 22.5 Å².